The van der Waals surface area contributed by atoms with Crippen molar-refractivity contribution in [2.45, 2.75) is 25.8 Å². The van der Waals surface area contributed by atoms with Gasteiger partial charge in [0.15, 0.2) is 0 Å². The van der Waals surface area contributed by atoms with Crippen LogP contribution in [0.2, 0.25) is 0 Å². The van der Waals surface area contributed by atoms with E-state index in [9.17, 15) is 24.5 Å². The van der Waals surface area contributed by atoms with Crippen molar-refractivity contribution in [1.29, 1.82) is 0 Å². The van der Waals surface area contributed by atoms with Crippen molar-refractivity contribution in [2.24, 2.45) is 0 Å². The summed E-state index contributed by atoms with van der Waals surface area (Å²) in [7, 11) is 0. The van der Waals surface area contributed by atoms with Crippen LogP contribution in [-0.4, -0.2) is 45.1 Å². The monoisotopic (exact) mass is 418 g/mol. The van der Waals surface area contributed by atoms with Gasteiger partial charge in [0.25, 0.3) is 17.5 Å². The number of H-pyrrole nitrogens is 1. The highest BCUT2D eigenvalue weighted by Crippen LogP contribution is 2.31. The Morgan fingerprint density at radius 1 is 1.16 bits per heavy atom. The zero-order valence-corrected chi connectivity index (χ0v) is 16.6. The second-order valence-corrected chi connectivity index (χ2v) is 7.99. The molecule has 3 aromatic rings. The Labute approximate surface area is 176 Å². The molecule has 3 amide bonds. The number of hydrogen-bond donors (Lipinski definition) is 2. The van der Waals surface area contributed by atoms with E-state index in [1.165, 1.54) is 17.7 Å². The van der Waals surface area contributed by atoms with Crippen molar-refractivity contribution < 1.29 is 19.3 Å². The fourth-order valence-electron chi connectivity index (χ4n) is 4.44. The van der Waals surface area contributed by atoms with Gasteiger partial charge >= 0.3 is 0 Å². The summed E-state index contributed by atoms with van der Waals surface area (Å²) in [6.07, 6.45) is 1.31. The van der Waals surface area contributed by atoms with Gasteiger partial charge in [0.2, 0.25) is 5.91 Å². The number of aromatic nitrogens is 1. The molecule has 2 aliphatic rings. The third-order valence-electron chi connectivity index (χ3n) is 5.88. The molecule has 0 radical (unpaired) electrons. The minimum Gasteiger partial charge on any atom is -0.358 e. The van der Waals surface area contributed by atoms with Crippen LogP contribution in [0.5, 0.6) is 0 Å². The highest BCUT2D eigenvalue weighted by molar-refractivity contribution is 6.22. The number of amides is 3. The SMILES string of the molecule is Cc1ccc2[nH]c3c(c2c1)CC(NC(=O)CN1C(=O)c2ccc([N+](=O)[O-])cc2C1=O)C3. The van der Waals surface area contributed by atoms with Crippen molar-refractivity contribution in [2.75, 3.05) is 6.54 Å². The molecule has 31 heavy (non-hydrogen) atoms. The lowest BCUT2D eigenvalue weighted by atomic mass is 10.1. The average molecular weight is 418 g/mol. The predicted molar refractivity (Wildman–Crippen MR) is 111 cm³/mol. The molecule has 9 heteroatoms. The number of aryl methyl sites for hydroxylation is 1. The molecule has 2 N–H and O–H groups in total. The van der Waals surface area contributed by atoms with E-state index in [-0.39, 0.29) is 22.9 Å². The molecule has 0 saturated carbocycles. The topological polar surface area (TPSA) is 125 Å². The number of nitrogens with zero attached hydrogens (tertiary/aromatic N) is 2. The van der Waals surface area contributed by atoms with Gasteiger partial charge in [-0.1, -0.05) is 11.6 Å². The molecule has 5 rings (SSSR count). The fraction of sp³-hybridized carbons (Fsp3) is 0.227. The molecule has 1 aliphatic heterocycles. The van der Waals surface area contributed by atoms with E-state index in [1.807, 2.05) is 19.1 Å². The van der Waals surface area contributed by atoms with E-state index in [0.717, 1.165) is 33.1 Å². The van der Waals surface area contributed by atoms with Gasteiger partial charge in [0.05, 0.1) is 16.1 Å². The number of imide groups is 1. The van der Waals surface area contributed by atoms with Crippen LogP contribution in [-0.2, 0) is 17.6 Å². The van der Waals surface area contributed by atoms with Gasteiger partial charge in [0, 0.05) is 41.2 Å². The number of carbonyl (C=O) groups excluding carboxylic acids is 3. The van der Waals surface area contributed by atoms with E-state index in [4.69, 9.17) is 0 Å². The quantitative estimate of drug-likeness (QED) is 0.382. The van der Waals surface area contributed by atoms with Crippen LogP contribution in [0.1, 0.15) is 37.5 Å². The van der Waals surface area contributed by atoms with Gasteiger partial charge < -0.3 is 10.3 Å². The molecule has 1 unspecified atom stereocenters. The number of rotatable bonds is 4. The summed E-state index contributed by atoms with van der Waals surface area (Å²) in [5, 5.41) is 15.0. The zero-order chi connectivity index (χ0) is 21.9. The van der Waals surface area contributed by atoms with E-state index in [2.05, 4.69) is 16.4 Å². The third-order valence-corrected chi connectivity index (χ3v) is 5.88. The number of aromatic amines is 1. The van der Waals surface area contributed by atoms with Crippen molar-refractivity contribution in [3.8, 4) is 0 Å². The van der Waals surface area contributed by atoms with Gasteiger partial charge in [-0.2, -0.15) is 0 Å². The summed E-state index contributed by atoms with van der Waals surface area (Å²) in [5.41, 5.74) is 4.23. The molecule has 2 heterocycles. The Morgan fingerprint density at radius 3 is 2.71 bits per heavy atom. The average Bonchev–Trinajstić information content (AvgIpc) is 3.34. The van der Waals surface area contributed by atoms with Gasteiger partial charge in [-0.25, -0.2) is 0 Å². The summed E-state index contributed by atoms with van der Waals surface area (Å²) < 4.78 is 0. The first kappa shape index (κ1) is 19.0. The predicted octanol–water partition coefficient (Wildman–Crippen LogP) is 2.26. The maximum absolute atomic E-state index is 12.6. The van der Waals surface area contributed by atoms with Gasteiger partial charge in [-0.15, -0.1) is 0 Å². The minimum atomic E-state index is -0.697. The number of benzene rings is 2. The second-order valence-electron chi connectivity index (χ2n) is 7.99. The molecule has 0 bridgehead atoms. The van der Waals surface area contributed by atoms with E-state index >= 15 is 0 Å². The van der Waals surface area contributed by atoms with E-state index in [1.54, 1.807) is 0 Å². The van der Waals surface area contributed by atoms with Crippen LogP contribution < -0.4 is 5.32 Å². The number of hydrogen-bond acceptors (Lipinski definition) is 5. The standard InChI is InChI=1S/C22H18N4O5/c1-11-2-5-18-15(6-11)16-7-12(8-19(16)24-18)23-20(27)10-25-21(28)14-4-3-13(26(30)31)9-17(14)22(25)29/h2-6,9,12,24H,7-8,10H2,1H3,(H,23,27). The Hall–Kier alpha value is -4.01. The summed E-state index contributed by atoms with van der Waals surface area (Å²) in [6.45, 7) is 1.61. The number of carbonyl (C=O) groups is 3. The van der Waals surface area contributed by atoms with Crippen LogP contribution >= 0.6 is 0 Å². The molecule has 0 saturated heterocycles. The van der Waals surface area contributed by atoms with Crippen LogP contribution in [0.3, 0.4) is 0 Å². The molecule has 1 atom stereocenters. The van der Waals surface area contributed by atoms with Crippen LogP contribution in [0, 0.1) is 17.0 Å². The summed E-state index contributed by atoms with van der Waals surface area (Å²) in [5.74, 6) is -1.76. The molecule has 156 valence electrons. The summed E-state index contributed by atoms with van der Waals surface area (Å²) in [6, 6.07) is 9.58. The Bertz CT molecular complexity index is 1310. The lowest BCUT2D eigenvalue weighted by Crippen LogP contribution is -2.44. The van der Waals surface area contributed by atoms with Crippen molar-refractivity contribution >= 4 is 34.3 Å². The van der Waals surface area contributed by atoms with Crippen LogP contribution in [0.15, 0.2) is 36.4 Å². The largest absolute Gasteiger partial charge is 0.358 e. The molecule has 9 nitrogen and oxygen atoms in total. The first-order valence-electron chi connectivity index (χ1n) is 9.86. The Kier molecular flexibility index (Phi) is 4.14. The summed E-state index contributed by atoms with van der Waals surface area (Å²) in [4.78, 5) is 52.2. The number of non-ortho nitro benzene ring substituents is 1. The minimum absolute atomic E-state index is 0.0512. The number of nitrogens with one attached hydrogen (secondary N) is 2. The van der Waals surface area contributed by atoms with Gasteiger partial charge in [-0.05, 0) is 37.1 Å². The maximum Gasteiger partial charge on any atom is 0.270 e. The number of nitro groups is 1. The van der Waals surface area contributed by atoms with Crippen LogP contribution in [0.4, 0.5) is 5.69 Å². The lowest BCUT2D eigenvalue weighted by Gasteiger charge is -2.17. The highest BCUT2D eigenvalue weighted by atomic mass is 16.6. The smallest absolute Gasteiger partial charge is 0.270 e. The Morgan fingerprint density at radius 2 is 1.94 bits per heavy atom. The van der Waals surface area contributed by atoms with Gasteiger partial charge in [0.1, 0.15) is 6.54 Å². The molecule has 0 fully saturated rings. The first-order chi connectivity index (χ1) is 14.8. The fourth-order valence-corrected chi connectivity index (χ4v) is 4.44. The third kappa shape index (κ3) is 3.05. The second kappa shape index (κ2) is 6.76. The van der Waals surface area contributed by atoms with Gasteiger partial charge in [-0.3, -0.25) is 29.4 Å². The molecule has 1 aliphatic carbocycles. The maximum atomic E-state index is 12.6. The normalized spacial score (nSPS) is 17.2. The van der Waals surface area contributed by atoms with Crippen molar-refractivity contribution in [3.05, 3.63) is 74.5 Å². The highest BCUT2D eigenvalue weighted by Gasteiger charge is 2.38. The number of fused-ring (bicyclic) bond motifs is 4. The lowest BCUT2D eigenvalue weighted by molar-refractivity contribution is -0.384. The zero-order valence-electron chi connectivity index (χ0n) is 16.6. The van der Waals surface area contributed by atoms with Crippen molar-refractivity contribution in [1.82, 2.24) is 15.2 Å². The van der Waals surface area contributed by atoms with E-state index < -0.39 is 29.2 Å². The van der Waals surface area contributed by atoms with E-state index in [0.29, 0.717) is 12.8 Å². The van der Waals surface area contributed by atoms with Crippen molar-refractivity contribution in [3.63, 3.8) is 0 Å². The van der Waals surface area contributed by atoms with Crippen LogP contribution in [0.25, 0.3) is 10.9 Å². The number of nitro benzene ring substituents is 1. The Balaban J connectivity index is 1.28. The summed E-state index contributed by atoms with van der Waals surface area (Å²) >= 11 is 0. The molecule has 1 aromatic heterocycles. The molecule has 2 aromatic carbocycles. The molecular weight excluding hydrogens is 400 g/mol. The molecular formula is C22H18N4O5. The first-order valence-corrected chi connectivity index (χ1v) is 9.86. The molecule has 0 spiro atoms.